The normalized spacial score (nSPS) is 19.4. The standard InChI is InChI=1S/C14H14F3N3/c15-14(16,17)9-6-12-11(2-1-4-19-12)13(7-9)20-10-3-5-18-8-10/h1-2,4,6-7,10,18,20H,3,5,8H2. The Kier molecular flexibility index (Phi) is 3.25. The Balaban J connectivity index is 2.07. The Morgan fingerprint density at radius 3 is 2.85 bits per heavy atom. The summed E-state index contributed by atoms with van der Waals surface area (Å²) in [4.78, 5) is 4.03. The van der Waals surface area contributed by atoms with Gasteiger partial charge in [0.15, 0.2) is 0 Å². The summed E-state index contributed by atoms with van der Waals surface area (Å²) < 4.78 is 38.8. The van der Waals surface area contributed by atoms with Crippen LogP contribution in [0.3, 0.4) is 0 Å². The van der Waals surface area contributed by atoms with Crippen LogP contribution in [0.1, 0.15) is 12.0 Å². The van der Waals surface area contributed by atoms with Crippen molar-refractivity contribution < 1.29 is 13.2 Å². The van der Waals surface area contributed by atoms with E-state index in [0.29, 0.717) is 16.6 Å². The highest BCUT2D eigenvalue weighted by molar-refractivity contribution is 5.92. The zero-order valence-corrected chi connectivity index (χ0v) is 10.7. The maximum absolute atomic E-state index is 12.9. The van der Waals surface area contributed by atoms with Crippen LogP contribution in [-0.4, -0.2) is 24.1 Å². The maximum atomic E-state index is 12.9. The second kappa shape index (κ2) is 4.94. The molecular formula is C14H14F3N3. The third-order valence-corrected chi connectivity index (χ3v) is 3.47. The Morgan fingerprint density at radius 2 is 2.15 bits per heavy atom. The second-order valence-corrected chi connectivity index (χ2v) is 4.93. The highest BCUT2D eigenvalue weighted by Gasteiger charge is 2.31. The fourth-order valence-electron chi connectivity index (χ4n) is 2.46. The predicted octanol–water partition coefficient (Wildman–Crippen LogP) is 3.03. The van der Waals surface area contributed by atoms with Gasteiger partial charge in [0.25, 0.3) is 0 Å². The van der Waals surface area contributed by atoms with E-state index in [2.05, 4.69) is 15.6 Å². The van der Waals surface area contributed by atoms with Gasteiger partial charge >= 0.3 is 6.18 Å². The van der Waals surface area contributed by atoms with E-state index in [1.807, 2.05) is 0 Å². The molecule has 0 amide bonds. The molecule has 0 bridgehead atoms. The van der Waals surface area contributed by atoms with Crippen molar-refractivity contribution >= 4 is 16.6 Å². The first-order valence-corrected chi connectivity index (χ1v) is 6.47. The molecule has 106 valence electrons. The zero-order valence-electron chi connectivity index (χ0n) is 10.7. The Bertz CT molecular complexity index is 619. The van der Waals surface area contributed by atoms with Crippen molar-refractivity contribution in [2.75, 3.05) is 18.4 Å². The third kappa shape index (κ3) is 2.56. The summed E-state index contributed by atoms with van der Waals surface area (Å²) in [5.41, 5.74) is 0.185. The third-order valence-electron chi connectivity index (χ3n) is 3.47. The molecule has 6 heteroatoms. The second-order valence-electron chi connectivity index (χ2n) is 4.93. The average Bonchev–Trinajstić information content (AvgIpc) is 2.90. The first-order chi connectivity index (χ1) is 9.54. The highest BCUT2D eigenvalue weighted by Crippen LogP contribution is 2.35. The zero-order chi connectivity index (χ0) is 14.2. The van der Waals surface area contributed by atoms with Gasteiger partial charge in [0.1, 0.15) is 0 Å². The monoisotopic (exact) mass is 281 g/mol. The van der Waals surface area contributed by atoms with E-state index in [1.165, 1.54) is 12.3 Å². The molecule has 2 N–H and O–H groups in total. The van der Waals surface area contributed by atoms with Crippen LogP contribution in [0.2, 0.25) is 0 Å². The minimum Gasteiger partial charge on any atom is -0.380 e. The molecule has 1 saturated heterocycles. The molecular weight excluding hydrogens is 267 g/mol. The minimum atomic E-state index is -4.37. The van der Waals surface area contributed by atoms with E-state index in [9.17, 15) is 13.2 Å². The molecule has 0 radical (unpaired) electrons. The topological polar surface area (TPSA) is 37.0 Å². The quantitative estimate of drug-likeness (QED) is 0.888. The summed E-state index contributed by atoms with van der Waals surface area (Å²) in [6.07, 6.45) is -1.96. The van der Waals surface area contributed by atoms with Crippen molar-refractivity contribution in [3.63, 3.8) is 0 Å². The summed E-state index contributed by atoms with van der Waals surface area (Å²) in [5.74, 6) is 0. The van der Waals surface area contributed by atoms with Gasteiger partial charge in [0.2, 0.25) is 0 Å². The van der Waals surface area contributed by atoms with Crippen molar-refractivity contribution in [2.24, 2.45) is 0 Å². The van der Waals surface area contributed by atoms with Gasteiger partial charge in [-0.05, 0) is 37.2 Å². The molecule has 1 aromatic heterocycles. The molecule has 1 aliphatic heterocycles. The van der Waals surface area contributed by atoms with Crippen LogP contribution >= 0.6 is 0 Å². The highest BCUT2D eigenvalue weighted by atomic mass is 19.4. The summed E-state index contributed by atoms with van der Waals surface area (Å²) >= 11 is 0. The summed E-state index contributed by atoms with van der Waals surface area (Å²) in [5, 5.41) is 7.09. The number of halogens is 3. The summed E-state index contributed by atoms with van der Waals surface area (Å²) in [7, 11) is 0. The number of rotatable bonds is 2. The van der Waals surface area contributed by atoms with E-state index in [0.717, 1.165) is 25.6 Å². The number of hydrogen-bond donors (Lipinski definition) is 2. The van der Waals surface area contributed by atoms with Crippen LogP contribution < -0.4 is 10.6 Å². The number of alkyl halides is 3. The first-order valence-electron chi connectivity index (χ1n) is 6.47. The molecule has 1 unspecified atom stereocenters. The van der Waals surface area contributed by atoms with Crippen molar-refractivity contribution in [3.05, 3.63) is 36.0 Å². The SMILES string of the molecule is FC(F)(F)c1cc(NC2CCNC2)c2cccnc2c1. The lowest BCUT2D eigenvalue weighted by atomic mass is 10.1. The fraction of sp³-hybridized carbons (Fsp3) is 0.357. The lowest BCUT2D eigenvalue weighted by Gasteiger charge is -2.17. The van der Waals surface area contributed by atoms with Crippen LogP contribution in [0.4, 0.5) is 18.9 Å². The van der Waals surface area contributed by atoms with Gasteiger partial charge in [-0.25, -0.2) is 0 Å². The molecule has 2 aromatic rings. The fourth-order valence-corrected chi connectivity index (χ4v) is 2.46. The first kappa shape index (κ1) is 13.2. The van der Waals surface area contributed by atoms with Gasteiger partial charge in [-0.3, -0.25) is 4.98 Å². The lowest BCUT2D eigenvalue weighted by Crippen LogP contribution is -2.22. The number of hydrogen-bond acceptors (Lipinski definition) is 3. The number of benzene rings is 1. The average molecular weight is 281 g/mol. The van der Waals surface area contributed by atoms with Crippen molar-refractivity contribution in [1.82, 2.24) is 10.3 Å². The Labute approximate surface area is 114 Å². The molecule has 3 nitrogen and oxygen atoms in total. The Morgan fingerprint density at radius 1 is 1.30 bits per heavy atom. The van der Waals surface area contributed by atoms with E-state index < -0.39 is 11.7 Å². The van der Waals surface area contributed by atoms with Crippen LogP contribution in [0.5, 0.6) is 0 Å². The van der Waals surface area contributed by atoms with Gasteiger partial charge in [-0.15, -0.1) is 0 Å². The van der Waals surface area contributed by atoms with Crippen molar-refractivity contribution in [3.8, 4) is 0 Å². The van der Waals surface area contributed by atoms with E-state index in [4.69, 9.17) is 0 Å². The number of fused-ring (bicyclic) bond motifs is 1. The number of aromatic nitrogens is 1. The van der Waals surface area contributed by atoms with Gasteiger partial charge in [-0.1, -0.05) is 0 Å². The molecule has 0 aliphatic carbocycles. The van der Waals surface area contributed by atoms with Crippen molar-refractivity contribution in [2.45, 2.75) is 18.6 Å². The van der Waals surface area contributed by atoms with Crippen LogP contribution in [0, 0.1) is 0 Å². The van der Waals surface area contributed by atoms with Crippen LogP contribution in [0.25, 0.3) is 10.9 Å². The van der Waals surface area contributed by atoms with E-state index >= 15 is 0 Å². The molecule has 1 atom stereocenters. The lowest BCUT2D eigenvalue weighted by molar-refractivity contribution is -0.137. The van der Waals surface area contributed by atoms with Crippen LogP contribution in [0.15, 0.2) is 30.5 Å². The number of anilines is 1. The summed E-state index contributed by atoms with van der Waals surface area (Å²) in [6, 6.07) is 5.93. The molecule has 2 heterocycles. The molecule has 1 aliphatic rings. The summed E-state index contributed by atoms with van der Waals surface area (Å²) in [6.45, 7) is 1.64. The number of pyridine rings is 1. The van der Waals surface area contributed by atoms with Gasteiger partial charge in [0.05, 0.1) is 11.1 Å². The van der Waals surface area contributed by atoms with Gasteiger partial charge < -0.3 is 10.6 Å². The van der Waals surface area contributed by atoms with E-state index in [1.54, 1.807) is 12.1 Å². The number of nitrogens with zero attached hydrogens (tertiary/aromatic N) is 1. The van der Waals surface area contributed by atoms with Gasteiger partial charge in [0, 0.05) is 29.9 Å². The predicted molar refractivity (Wildman–Crippen MR) is 71.6 cm³/mol. The maximum Gasteiger partial charge on any atom is 0.416 e. The smallest absolute Gasteiger partial charge is 0.380 e. The molecule has 1 aromatic carbocycles. The molecule has 0 saturated carbocycles. The van der Waals surface area contributed by atoms with Crippen molar-refractivity contribution in [1.29, 1.82) is 0 Å². The molecule has 1 fully saturated rings. The largest absolute Gasteiger partial charge is 0.416 e. The minimum absolute atomic E-state index is 0.155. The van der Waals surface area contributed by atoms with Gasteiger partial charge in [-0.2, -0.15) is 13.2 Å². The van der Waals surface area contributed by atoms with Crippen LogP contribution in [-0.2, 0) is 6.18 Å². The van der Waals surface area contributed by atoms with E-state index in [-0.39, 0.29) is 6.04 Å². The molecule has 20 heavy (non-hydrogen) atoms. The molecule has 3 rings (SSSR count). The number of nitrogens with one attached hydrogen (secondary N) is 2. The Hall–Kier alpha value is -1.82. The molecule has 0 spiro atoms.